The van der Waals surface area contributed by atoms with Gasteiger partial charge in [0.25, 0.3) is 5.91 Å². The molecule has 9 nitrogen and oxygen atoms in total. The molecule has 0 aliphatic carbocycles. The first-order valence-corrected chi connectivity index (χ1v) is 13.0. The number of morpholine rings is 1. The molecular weight excluding hydrogens is 446 g/mol. The van der Waals surface area contributed by atoms with Crippen molar-refractivity contribution in [1.29, 1.82) is 0 Å². The molecule has 35 heavy (non-hydrogen) atoms. The number of rotatable bonds is 11. The molecule has 192 valence electrons. The Bertz CT molecular complexity index is 980. The summed E-state index contributed by atoms with van der Waals surface area (Å²) in [7, 11) is 1.35. The van der Waals surface area contributed by atoms with Crippen molar-refractivity contribution in [2.75, 3.05) is 59.6 Å². The quantitative estimate of drug-likeness (QED) is 0.470. The van der Waals surface area contributed by atoms with Gasteiger partial charge in [0.15, 0.2) is 0 Å². The van der Waals surface area contributed by atoms with Gasteiger partial charge in [-0.25, -0.2) is 4.98 Å². The maximum atomic E-state index is 12.6. The van der Waals surface area contributed by atoms with Crippen LogP contribution in [-0.4, -0.2) is 85.9 Å². The average molecular weight is 486 g/mol. The summed E-state index contributed by atoms with van der Waals surface area (Å²) in [6, 6.07) is 5.74. The number of methoxy groups -OCH3 is 1. The molecule has 2 fully saturated rings. The summed E-state index contributed by atoms with van der Waals surface area (Å²) in [4.78, 5) is 31.4. The second-order valence-electron chi connectivity index (χ2n) is 9.50. The van der Waals surface area contributed by atoms with Gasteiger partial charge in [0.05, 0.1) is 37.8 Å². The fourth-order valence-electron chi connectivity index (χ4n) is 5.02. The lowest BCUT2D eigenvalue weighted by molar-refractivity contribution is -0.140. The highest BCUT2D eigenvalue weighted by Gasteiger charge is 2.18. The minimum Gasteiger partial charge on any atom is -0.469 e. The molecule has 0 bridgehead atoms. The van der Waals surface area contributed by atoms with E-state index in [1.54, 1.807) is 0 Å². The van der Waals surface area contributed by atoms with Crippen molar-refractivity contribution >= 4 is 22.9 Å². The zero-order valence-electron chi connectivity index (χ0n) is 20.9. The zero-order chi connectivity index (χ0) is 24.5. The Morgan fingerprint density at radius 3 is 2.77 bits per heavy atom. The number of aryl methyl sites for hydroxylation is 2. The lowest BCUT2D eigenvalue weighted by Gasteiger charge is -2.26. The molecule has 2 aromatic rings. The number of carbonyl (C=O) groups is 2. The largest absolute Gasteiger partial charge is 0.469 e. The molecule has 2 aliphatic heterocycles. The molecule has 1 aromatic heterocycles. The molecule has 0 radical (unpaired) electrons. The molecule has 3 heterocycles. The molecule has 2 aliphatic rings. The van der Waals surface area contributed by atoms with E-state index >= 15 is 0 Å². The Kier molecular flexibility index (Phi) is 9.50. The van der Waals surface area contributed by atoms with Gasteiger partial charge in [-0.3, -0.25) is 14.5 Å². The highest BCUT2D eigenvalue weighted by atomic mass is 16.5. The molecule has 0 spiro atoms. The van der Waals surface area contributed by atoms with E-state index in [2.05, 4.69) is 24.8 Å². The van der Waals surface area contributed by atoms with E-state index < -0.39 is 0 Å². The minimum absolute atomic E-state index is 0.156. The Morgan fingerprint density at radius 2 is 2.00 bits per heavy atom. The maximum absolute atomic E-state index is 12.6. The number of hydrogen-bond acceptors (Lipinski definition) is 7. The van der Waals surface area contributed by atoms with Crippen LogP contribution < -0.4 is 10.6 Å². The normalized spacial score (nSPS) is 17.5. The molecule has 1 aromatic carbocycles. The number of fused-ring (bicyclic) bond motifs is 1. The van der Waals surface area contributed by atoms with E-state index in [1.807, 2.05) is 18.2 Å². The third-order valence-electron chi connectivity index (χ3n) is 7.13. The zero-order valence-corrected chi connectivity index (χ0v) is 20.9. The first-order chi connectivity index (χ1) is 17.1. The summed E-state index contributed by atoms with van der Waals surface area (Å²) < 4.78 is 12.5. The average Bonchev–Trinajstić information content (AvgIpc) is 3.25. The van der Waals surface area contributed by atoms with Crippen LogP contribution in [0.5, 0.6) is 0 Å². The van der Waals surface area contributed by atoms with Crippen molar-refractivity contribution in [1.82, 2.24) is 25.1 Å². The highest BCUT2D eigenvalue weighted by Crippen LogP contribution is 2.23. The summed E-state index contributed by atoms with van der Waals surface area (Å²) in [5.74, 6) is 1.32. The number of ether oxygens (including phenoxy) is 2. The van der Waals surface area contributed by atoms with Gasteiger partial charge in [-0.05, 0) is 62.9 Å². The van der Waals surface area contributed by atoms with Gasteiger partial charge in [0.1, 0.15) is 5.82 Å². The molecule has 1 amide bonds. The maximum Gasteiger partial charge on any atom is 0.307 e. The standard InChI is InChI=1S/C26H39N5O4/c1-34-25(32)9-12-28-26(33)21-4-5-23-22(19-21)29-24(6-3-20-7-10-27-11-8-20)31(23)14-2-13-30-15-17-35-18-16-30/h4-5,19-20,27H,2-3,6-18H2,1H3,(H,28,33). The van der Waals surface area contributed by atoms with Crippen molar-refractivity contribution in [3.63, 3.8) is 0 Å². The second kappa shape index (κ2) is 13.0. The molecule has 4 rings (SSSR count). The number of nitrogens with zero attached hydrogens (tertiary/aromatic N) is 3. The van der Waals surface area contributed by atoms with Crippen LogP contribution in [0.25, 0.3) is 11.0 Å². The predicted octanol–water partition coefficient (Wildman–Crippen LogP) is 1.98. The van der Waals surface area contributed by atoms with Gasteiger partial charge in [-0.2, -0.15) is 0 Å². The summed E-state index contributed by atoms with van der Waals surface area (Å²) >= 11 is 0. The summed E-state index contributed by atoms with van der Waals surface area (Å²) in [5.41, 5.74) is 2.50. The number of benzene rings is 1. The van der Waals surface area contributed by atoms with E-state index in [0.29, 0.717) is 5.56 Å². The van der Waals surface area contributed by atoms with Gasteiger partial charge in [0.2, 0.25) is 0 Å². The lowest BCUT2D eigenvalue weighted by Crippen LogP contribution is -2.37. The first-order valence-electron chi connectivity index (χ1n) is 13.0. The summed E-state index contributed by atoms with van der Waals surface area (Å²) in [6.45, 7) is 8.08. The van der Waals surface area contributed by atoms with Crippen LogP contribution in [0.2, 0.25) is 0 Å². The minimum atomic E-state index is -0.338. The number of piperidine rings is 1. The summed E-state index contributed by atoms with van der Waals surface area (Å²) in [6.07, 6.45) is 5.78. The number of amides is 1. The van der Waals surface area contributed by atoms with Crippen LogP contribution in [0, 0.1) is 5.92 Å². The van der Waals surface area contributed by atoms with Gasteiger partial charge in [-0.15, -0.1) is 0 Å². The number of imidazole rings is 1. The number of carbonyl (C=O) groups excluding carboxylic acids is 2. The van der Waals surface area contributed by atoms with Gasteiger partial charge in [0, 0.05) is 44.7 Å². The van der Waals surface area contributed by atoms with Crippen LogP contribution in [0.1, 0.15) is 48.3 Å². The molecule has 9 heteroatoms. The van der Waals surface area contributed by atoms with Crippen LogP contribution in [0.15, 0.2) is 18.2 Å². The SMILES string of the molecule is COC(=O)CCNC(=O)c1ccc2c(c1)nc(CCC1CCNCC1)n2CCCN1CCOCC1. The third kappa shape index (κ3) is 7.25. The van der Waals surface area contributed by atoms with E-state index in [9.17, 15) is 9.59 Å². The summed E-state index contributed by atoms with van der Waals surface area (Å²) in [5, 5.41) is 6.24. The van der Waals surface area contributed by atoms with Gasteiger partial charge < -0.3 is 24.7 Å². The fourth-order valence-corrected chi connectivity index (χ4v) is 5.02. The van der Waals surface area contributed by atoms with Crippen LogP contribution in [-0.2, 0) is 27.2 Å². The number of hydrogen-bond donors (Lipinski definition) is 2. The molecule has 2 N–H and O–H groups in total. The first kappa shape index (κ1) is 25.6. The van der Waals surface area contributed by atoms with Crippen molar-refractivity contribution in [3.05, 3.63) is 29.6 Å². The van der Waals surface area contributed by atoms with Crippen molar-refractivity contribution in [2.45, 2.75) is 45.1 Å². The molecule has 0 saturated carbocycles. The fraction of sp³-hybridized carbons (Fsp3) is 0.654. The smallest absolute Gasteiger partial charge is 0.307 e. The van der Waals surface area contributed by atoms with Crippen LogP contribution in [0.3, 0.4) is 0 Å². The number of aromatic nitrogens is 2. The van der Waals surface area contributed by atoms with E-state index in [4.69, 9.17) is 9.72 Å². The number of nitrogens with one attached hydrogen (secondary N) is 2. The van der Waals surface area contributed by atoms with Crippen molar-refractivity contribution in [2.24, 2.45) is 5.92 Å². The molecular formula is C26H39N5O4. The third-order valence-corrected chi connectivity index (χ3v) is 7.13. The van der Waals surface area contributed by atoms with Gasteiger partial charge in [-0.1, -0.05) is 0 Å². The molecule has 0 unspecified atom stereocenters. The number of esters is 1. The van der Waals surface area contributed by atoms with Crippen molar-refractivity contribution < 1.29 is 19.1 Å². The monoisotopic (exact) mass is 485 g/mol. The Morgan fingerprint density at radius 1 is 1.20 bits per heavy atom. The van der Waals surface area contributed by atoms with E-state index in [-0.39, 0.29) is 24.8 Å². The van der Waals surface area contributed by atoms with E-state index in [0.717, 1.165) is 94.5 Å². The second-order valence-corrected chi connectivity index (χ2v) is 9.50. The van der Waals surface area contributed by atoms with Crippen molar-refractivity contribution in [3.8, 4) is 0 Å². The topological polar surface area (TPSA) is 97.7 Å². The Hall–Kier alpha value is -2.49. The molecule has 0 atom stereocenters. The van der Waals surface area contributed by atoms with Gasteiger partial charge >= 0.3 is 5.97 Å². The van der Waals surface area contributed by atoms with E-state index in [1.165, 1.54) is 20.0 Å². The molecule has 2 saturated heterocycles. The predicted molar refractivity (Wildman–Crippen MR) is 134 cm³/mol. The Labute approximate surface area is 207 Å². The highest BCUT2D eigenvalue weighted by molar-refractivity contribution is 5.97. The lowest BCUT2D eigenvalue weighted by atomic mass is 9.93. The van der Waals surface area contributed by atoms with Crippen LogP contribution in [0.4, 0.5) is 0 Å². The van der Waals surface area contributed by atoms with Crippen LogP contribution >= 0.6 is 0 Å². The Balaban J connectivity index is 1.45.